The van der Waals surface area contributed by atoms with Crippen molar-refractivity contribution in [1.29, 1.82) is 0 Å². The number of fused-ring (bicyclic) bond motifs is 1. The highest BCUT2D eigenvalue weighted by Gasteiger charge is 2.17. The maximum atomic E-state index is 13.1. The first-order chi connectivity index (χ1) is 13.1. The van der Waals surface area contributed by atoms with Crippen LogP contribution in [0.1, 0.15) is 15.2 Å². The molecule has 3 aromatic heterocycles. The summed E-state index contributed by atoms with van der Waals surface area (Å²) < 4.78 is 6.62. The molecule has 0 atom stereocenters. The Labute approximate surface area is 163 Å². The van der Waals surface area contributed by atoms with Crippen molar-refractivity contribution in [2.24, 2.45) is 0 Å². The first-order valence-electron chi connectivity index (χ1n) is 8.28. The molecule has 5 nitrogen and oxygen atoms in total. The van der Waals surface area contributed by atoms with Crippen LogP contribution in [-0.2, 0) is 6.54 Å². The highest BCUT2D eigenvalue weighted by atomic mass is 32.1. The molecular formula is C20H16N2O3S2. The summed E-state index contributed by atoms with van der Waals surface area (Å²) in [5.41, 5.74) is 1.13. The lowest BCUT2D eigenvalue weighted by atomic mass is 10.1. The summed E-state index contributed by atoms with van der Waals surface area (Å²) in [5, 5.41) is 2.52. The van der Waals surface area contributed by atoms with E-state index in [9.17, 15) is 9.59 Å². The van der Waals surface area contributed by atoms with Gasteiger partial charge in [-0.3, -0.25) is 14.2 Å². The maximum Gasteiger partial charge on any atom is 0.263 e. The lowest BCUT2D eigenvalue weighted by Crippen LogP contribution is -2.24. The molecule has 0 saturated heterocycles. The maximum absolute atomic E-state index is 13.1. The molecule has 136 valence electrons. The van der Waals surface area contributed by atoms with Crippen molar-refractivity contribution in [3.05, 3.63) is 68.9 Å². The van der Waals surface area contributed by atoms with Gasteiger partial charge in [-0.2, -0.15) is 0 Å². The number of Topliss-reactive ketones (excluding diaryl/α,β-unsaturated/α-hetero) is 1. The summed E-state index contributed by atoms with van der Waals surface area (Å²) in [6, 6.07) is 11.0. The van der Waals surface area contributed by atoms with Crippen LogP contribution < -0.4 is 10.3 Å². The summed E-state index contributed by atoms with van der Waals surface area (Å²) in [4.78, 5) is 33.1. The Hall–Kier alpha value is -2.77. The van der Waals surface area contributed by atoms with Gasteiger partial charge in [-0.25, -0.2) is 4.98 Å². The van der Waals surface area contributed by atoms with Crippen LogP contribution in [0.15, 0.2) is 52.9 Å². The highest BCUT2D eigenvalue weighted by molar-refractivity contribution is 7.19. The first-order valence-corrected chi connectivity index (χ1v) is 9.97. The van der Waals surface area contributed by atoms with Crippen molar-refractivity contribution < 1.29 is 9.53 Å². The average molecular weight is 396 g/mol. The van der Waals surface area contributed by atoms with E-state index in [-0.39, 0.29) is 17.9 Å². The lowest BCUT2D eigenvalue weighted by molar-refractivity contribution is 0.0967. The molecule has 3 heterocycles. The SMILES string of the molecule is COc1ccccc1C(=O)Cn1cnc2scc(-c3ccc(C)s3)c2c1=O. The Bertz CT molecular complexity index is 1200. The molecule has 4 aromatic rings. The Morgan fingerprint density at radius 3 is 2.78 bits per heavy atom. The van der Waals surface area contributed by atoms with Crippen molar-refractivity contribution in [3.63, 3.8) is 0 Å². The van der Waals surface area contributed by atoms with Gasteiger partial charge in [0.2, 0.25) is 0 Å². The van der Waals surface area contributed by atoms with Crippen molar-refractivity contribution in [2.45, 2.75) is 13.5 Å². The predicted molar refractivity (Wildman–Crippen MR) is 109 cm³/mol. The number of hydrogen-bond donors (Lipinski definition) is 0. The average Bonchev–Trinajstić information content (AvgIpc) is 3.30. The Morgan fingerprint density at radius 2 is 2.04 bits per heavy atom. The van der Waals surface area contributed by atoms with E-state index in [1.165, 1.54) is 34.2 Å². The summed E-state index contributed by atoms with van der Waals surface area (Å²) >= 11 is 3.08. The number of hydrogen-bond acceptors (Lipinski definition) is 6. The highest BCUT2D eigenvalue weighted by Crippen LogP contribution is 2.34. The summed E-state index contributed by atoms with van der Waals surface area (Å²) in [6.45, 7) is 1.95. The number of nitrogens with zero attached hydrogens (tertiary/aromatic N) is 2. The Kier molecular flexibility index (Phi) is 4.63. The van der Waals surface area contributed by atoms with E-state index in [0.29, 0.717) is 21.5 Å². The third kappa shape index (κ3) is 3.20. The number of ketones is 1. The summed E-state index contributed by atoms with van der Waals surface area (Å²) in [6.07, 6.45) is 1.44. The van der Waals surface area contributed by atoms with E-state index >= 15 is 0 Å². The van der Waals surface area contributed by atoms with Crippen LogP contribution in [0.2, 0.25) is 0 Å². The van der Waals surface area contributed by atoms with E-state index in [4.69, 9.17) is 4.74 Å². The largest absolute Gasteiger partial charge is 0.496 e. The fourth-order valence-electron chi connectivity index (χ4n) is 2.96. The minimum Gasteiger partial charge on any atom is -0.496 e. The number of aryl methyl sites for hydroxylation is 1. The third-order valence-corrected chi connectivity index (χ3v) is 6.21. The summed E-state index contributed by atoms with van der Waals surface area (Å²) in [5.74, 6) is 0.300. The number of carbonyl (C=O) groups excluding carboxylic acids is 1. The zero-order chi connectivity index (χ0) is 19.0. The quantitative estimate of drug-likeness (QED) is 0.470. The third-order valence-electron chi connectivity index (χ3n) is 4.29. The van der Waals surface area contributed by atoms with Gasteiger partial charge in [0.05, 0.1) is 30.9 Å². The molecule has 0 amide bonds. The molecule has 0 spiro atoms. The second kappa shape index (κ2) is 7.09. The normalized spacial score (nSPS) is 11.0. The predicted octanol–water partition coefficient (Wildman–Crippen LogP) is 4.39. The lowest BCUT2D eigenvalue weighted by Gasteiger charge is -2.09. The molecule has 0 fully saturated rings. The van der Waals surface area contributed by atoms with Gasteiger partial charge in [0.15, 0.2) is 5.78 Å². The van der Waals surface area contributed by atoms with Gasteiger partial charge in [0.1, 0.15) is 10.6 Å². The van der Waals surface area contributed by atoms with Crippen LogP contribution in [0.3, 0.4) is 0 Å². The number of thiophene rings is 2. The number of benzene rings is 1. The fraction of sp³-hybridized carbons (Fsp3) is 0.150. The monoisotopic (exact) mass is 396 g/mol. The van der Waals surface area contributed by atoms with E-state index in [0.717, 1.165) is 10.4 Å². The molecule has 0 aliphatic carbocycles. The number of ether oxygens (including phenoxy) is 1. The first kappa shape index (κ1) is 17.6. The zero-order valence-electron chi connectivity index (χ0n) is 14.8. The Morgan fingerprint density at radius 1 is 1.22 bits per heavy atom. The van der Waals surface area contributed by atoms with Gasteiger partial charge in [0, 0.05) is 20.7 Å². The molecule has 0 radical (unpaired) electrons. The second-order valence-electron chi connectivity index (χ2n) is 6.04. The van der Waals surface area contributed by atoms with Crippen LogP contribution in [-0.4, -0.2) is 22.4 Å². The zero-order valence-corrected chi connectivity index (χ0v) is 16.4. The molecule has 0 aliphatic rings. The minimum atomic E-state index is -0.203. The van der Waals surface area contributed by atoms with Gasteiger partial charge >= 0.3 is 0 Å². The standard InChI is InChI=1S/C20H16N2O3S2/c1-12-7-8-17(27-12)14-10-26-19-18(14)20(24)22(11-21-19)9-15(23)13-5-3-4-6-16(13)25-2/h3-8,10-11H,9H2,1-2H3. The number of para-hydroxylation sites is 1. The molecule has 0 saturated carbocycles. The van der Waals surface area contributed by atoms with Crippen molar-refractivity contribution in [3.8, 4) is 16.2 Å². The van der Waals surface area contributed by atoms with Gasteiger partial charge in [0.25, 0.3) is 5.56 Å². The van der Waals surface area contributed by atoms with Crippen molar-refractivity contribution in [1.82, 2.24) is 9.55 Å². The summed E-state index contributed by atoms with van der Waals surface area (Å²) in [7, 11) is 1.52. The molecule has 0 aliphatic heterocycles. The number of rotatable bonds is 5. The number of methoxy groups -OCH3 is 1. The van der Waals surface area contributed by atoms with E-state index < -0.39 is 0 Å². The van der Waals surface area contributed by atoms with Gasteiger partial charge in [-0.1, -0.05) is 12.1 Å². The molecule has 27 heavy (non-hydrogen) atoms. The topological polar surface area (TPSA) is 61.2 Å². The molecule has 0 bridgehead atoms. The van der Waals surface area contributed by atoms with Crippen molar-refractivity contribution >= 4 is 38.7 Å². The molecule has 0 N–H and O–H groups in total. The van der Waals surface area contributed by atoms with Gasteiger partial charge in [-0.05, 0) is 31.2 Å². The fourth-order valence-corrected chi connectivity index (χ4v) is 4.82. The van der Waals surface area contributed by atoms with E-state index in [1.54, 1.807) is 35.6 Å². The molecule has 0 unspecified atom stereocenters. The van der Waals surface area contributed by atoms with E-state index in [1.807, 2.05) is 24.4 Å². The van der Waals surface area contributed by atoms with Crippen LogP contribution in [0.5, 0.6) is 5.75 Å². The molecule has 7 heteroatoms. The molecular weight excluding hydrogens is 380 g/mol. The van der Waals surface area contributed by atoms with E-state index in [2.05, 4.69) is 4.98 Å². The van der Waals surface area contributed by atoms with Gasteiger partial charge < -0.3 is 4.74 Å². The second-order valence-corrected chi connectivity index (χ2v) is 8.19. The smallest absolute Gasteiger partial charge is 0.263 e. The number of aromatic nitrogens is 2. The molecule has 1 aromatic carbocycles. The van der Waals surface area contributed by atoms with Crippen LogP contribution in [0, 0.1) is 6.92 Å². The van der Waals surface area contributed by atoms with Crippen LogP contribution in [0.4, 0.5) is 0 Å². The van der Waals surface area contributed by atoms with Crippen LogP contribution >= 0.6 is 22.7 Å². The minimum absolute atomic E-state index is 0.0824. The Balaban J connectivity index is 1.76. The molecule has 4 rings (SSSR count). The number of carbonyl (C=O) groups is 1. The van der Waals surface area contributed by atoms with Crippen LogP contribution in [0.25, 0.3) is 20.7 Å². The van der Waals surface area contributed by atoms with Gasteiger partial charge in [-0.15, -0.1) is 22.7 Å². The van der Waals surface area contributed by atoms with Crippen molar-refractivity contribution in [2.75, 3.05) is 7.11 Å².